The summed E-state index contributed by atoms with van der Waals surface area (Å²) in [5, 5.41) is 8.30. The summed E-state index contributed by atoms with van der Waals surface area (Å²) in [6, 6.07) is 2.68. The maximum atomic E-state index is 12.9. The number of carbonyl (C=O) groups excluding carboxylic acids is 1. The number of nitrogens with one attached hydrogen (secondary N) is 2. The lowest BCUT2D eigenvalue weighted by atomic mass is 10.2. The van der Waals surface area contributed by atoms with Gasteiger partial charge in [-0.05, 0) is 12.1 Å². The Hall–Kier alpha value is -2.31. The van der Waals surface area contributed by atoms with E-state index in [1.54, 1.807) is 0 Å². The predicted molar refractivity (Wildman–Crippen MR) is 52.9 cm³/mol. The van der Waals surface area contributed by atoms with Crippen molar-refractivity contribution in [2.45, 2.75) is 0 Å². The van der Waals surface area contributed by atoms with Crippen molar-refractivity contribution in [3.63, 3.8) is 0 Å². The molecule has 1 heterocycles. The number of rotatable bonds is 2. The van der Waals surface area contributed by atoms with Crippen molar-refractivity contribution in [1.82, 2.24) is 10.2 Å². The molecule has 0 radical (unpaired) electrons. The molecule has 2 aromatic rings. The number of amides is 1. The van der Waals surface area contributed by atoms with E-state index in [2.05, 4.69) is 15.5 Å². The van der Waals surface area contributed by atoms with Crippen LogP contribution in [0.3, 0.4) is 0 Å². The van der Waals surface area contributed by atoms with Crippen LogP contribution in [-0.4, -0.2) is 16.1 Å². The van der Waals surface area contributed by atoms with Gasteiger partial charge in [0, 0.05) is 11.6 Å². The van der Waals surface area contributed by atoms with Gasteiger partial charge < -0.3 is 5.32 Å². The van der Waals surface area contributed by atoms with Crippen LogP contribution in [0.1, 0.15) is 10.4 Å². The Morgan fingerprint density at radius 3 is 2.41 bits per heavy atom. The van der Waals surface area contributed by atoms with Gasteiger partial charge in [0.1, 0.15) is 5.82 Å². The molecule has 0 spiro atoms. The van der Waals surface area contributed by atoms with Gasteiger partial charge in [-0.3, -0.25) is 9.89 Å². The summed E-state index contributed by atoms with van der Waals surface area (Å²) in [5.41, 5.74) is -0.323. The summed E-state index contributed by atoms with van der Waals surface area (Å²) in [6.07, 6.45) is 1.39. The number of hydrogen-bond donors (Lipinski definition) is 2. The van der Waals surface area contributed by atoms with Gasteiger partial charge >= 0.3 is 0 Å². The lowest BCUT2D eigenvalue weighted by Crippen LogP contribution is -2.13. The number of H-pyrrole nitrogens is 1. The third-order valence-corrected chi connectivity index (χ3v) is 1.99. The van der Waals surface area contributed by atoms with E-state index in [1.165, 1.54) is 12.3 Å². The highest BCUT2D eigenvalue weighted by atomic mass is 19.2. The van der Waals surface area contributed by atoms with Crippen molar-refractivity contribution < 1.29 is 18.0 Å². The van der Waals surface area contributed by atoms with Gasteiger partial charge in [0.05, 0.1) is 6.20 Å². The Morgan fingerprint density at radius 1 is 1.24 bits per heavy atom. The molecule has 0 bridgehead atoms. The standard InChI is InChI=1S/C10H6F3N3O/c11-6-3-5(4-7(12)9(6)13)10(17)15-8-1-2-14-16-8/h1-4H,(H2,14,15,16,17). The van der Waals surface area contributed by atoms with Crippen LogP contribution in [0, 0.1) is 17.5 Å². The fourth-order valence-electron chi connectivity index (χ4n) is 1.21. The van der Waals surface area contributed by atoms with E-state index in [4.69, 9.17) is 0 Å². The Kier molecular flexibility index (Phi) is 2.82. The molecule has 4 nitrogen and oxygen atoms in total. The Labute approximate surface area is 93.5 Å². The zero-order valence-corrected chi connectivity index (χ0v) is 8.30. The summed E-state index contributed by atoms with van der Waals surface area (Å²) in [4.78, 5) is 11.5. The molecule has 1 amide bonds. The Bertz CT molecular complexity index is 531. The average Bonchev–Trinajstić information content (AvgIpc) is 2.77. The SMILES string of the molecule is O=C(Nc1ccn[nH]1)c1cc(F)c(F)c(F)c1. The molecule has 7 heteroatoms. The first-order chi connectivity index (χ1) is 8.08. The molecular formula is C10H6F3N3O. The van der Waals surface area contributed by atoms with Gasteiger partial charge in [-0.1, -0.05) is 0 Å². The first-order valence-electron chi connectivity index (χ1n) is 4.53. The zero-order valence-electron chi connectivity index (χ0n) is 8.30. The molecule has 0 aliphatic rings. The average molecular weight is 241 g/mol. The third-order valence-electron chi connectivity index (χ3n) is 1.99. The van der Waals surface area contributed by atoms with E-state index in [0.717, 1.165) is 0 Å². The van der Waals surface area contributed by atoms with Gasteiger partial charge in [-0.2, -0.15) is 5.10 Å². The second-order valence-corrected chi connectivity index (χ2v) is 3.18. The molecule has 2 N–H and O–H groups in total. The molecule has 88 valence electrons. The minimum Gasteiger partial charge on any atom is -0.307 e. The Morgan fingerprint density at radius 2 is 1.88 bits per heavy atom. The lowest BCUT2D eigenvalue weighted by molar-refractivity contribution is 0.102. The highest BCUT2D eigenvalue weighted by Crippen LogP contribution is 2.14. The van der Waals surface area contributed by atoms with E-state index in [1.807, 2.05) is 0 Å². The summed E-state index contributed by atoms with van der Waals surface area (Å²) < 4.78 is 38.4. The Balaban J connectivity index is 2.26. The van der Waals surface area contributed by atoms with E-state index < -0.39 is 23.4 Å². The fourth-order valence-corrected chi connectivity index (χ4v) is 1.21. The highest BCUT2D eigenvalue weighted by Gasteiger charge is 2.15. The molecule has 0 saturated heterocycles. The predicted octanol–water partition coefficient (Wildman–Crippen LogP) is 2.08. The molecule has 1 aromatic carbocycles. The largest absolute Gasteiger partial charge is 0.307 e. The van der Waals surface area contributed by atoms with Gasteiger partial charge in [-0.25, -0.2) is 13.2 Å². The van der Waals surface area contributed by atoms with Crippen LogP contribution in [0.2, 0.25) is 0 Å². The molecule has 0 aliphatic heterocycles. The molecular weight excluding hydrogens is 235 g/mol. The second-order valence-electron chi connectivity index (χ2n) is 3.18. The molecule has 0 unspecified atom stereocenters. The van der Waals surface area contributed by atoms with Crippen LogP contribution in [0.25, 0.3) is 0 Å². The molecule has 0 aliphatic carbocycles. The quantitative estimate of drug-likeness (QED) is 0.791. The first kappa shape index (κ1) is 11.2. The van der Waals surface area contributed by atoms with Gasteiger partial charge in [-0.15, -0.1) is 0 Å². The number of anilines is 1. The number of hydrogen-bond acceptors (Lipinski definition) is 2. The lowest BCUT2D eigenvalue weighted by Gasteiger charge is -2.03. The van der Waals surface area contributed by atoms with Crippen molar-refractivity contribution in [2.75, 3.05) is 5.32 Å². The zero-order chi connectivity index (χ0) is 12.4. The molecule has 17 heavy (non-hydrogen) atoms. The van der Waals surface area contributed by atoms with Crippen LogP contribution in [-0.2, 0) is 0 Å². The van der Waals surface area contributed by atoms with Crippen molar-refractivity contribution >= 4 is 11.7 Å². The highest BCUT2D eigenvalue weighted by molar-refractivity contribution is 6.03. The van der Waals surface area contributed by atoms with E-state index in [0.29, 0.717) is 12.1 Å². The summed E-state index contributed by atoms with van der Waals surface area (Å²) in [5.74, 6) is -4.95. The number of halogens is 3. The van der Waals surface area contributed by atoms with Crippen LogP contribution < -0.4 is 5.32 Å². The summed E-state index contributed by atoms with van der Waals surface area (Å²) in [6.45, 7) is 0. The van der Waals surface area contributed by atoms with Crippen molar-refractivity contribution in [3.05, 3.63) is 47.4 Å². The van der Waals surface area contributed by atoms with Crippen LogP contribution in [0.15, 0.2) is 24.4 Å². The summed E-state index contributed by atoms with van der Waals surface area (Å²) >= 11 is 0. The monoisotopic (exact) mass is 241 g/mol. The second kappa shape index (κ2) is 4.28. The topological polar surface area (TPSA) is 57.8 Å². The van der Waals surface area contributed by atoms with Crippen LogP contribution >= 0.6 is 0 Å². The minimum absolute atomic E-state index is 0.264. The first-order valence-corrected chi connectivity index (χ1v) is 4.53. The number of benzene rings is 1. The van der Waals surface area contributed by atoms with Gasteiger partial charge in [0.2, 0.25) is 0 Å². The molecule has 1 aromatic heterocycles. The van der Waals surface area contributed by atoms with Crippen LogP contribution in [0.5, 0.6) is 0 Å². The number of carbonyl (C=O) groups is 1. The number of nitrogens with zero attached hydrogens (tertiary/aromatic N) is 1. The molecule has 0 atom stereocenters. The smallest absolute Gasteiger partial charge is 0.257 e. The van der Waals surface area contributed by atoms with Crippen molar-refractivity contribution in [1.29, 1.82) is 0 Å². The minimum atomic E-state index is -1.61. The van der Waals surface area contributed by atoms with Crippen molar-refractivity contribution in [2.24, 2.45) is 0 Å². The van der Waals surface area contributed by atoms with Gasteiger partial charge in [0.15, 0.2) is 17.5 Å². The van der Waals surface area contributed by atoms with Crippen molar-refractivity contribution in [3.8, 4) is 0 Å². The third kappa shape index (κ3) is 2.27. The molecule has 0 fully saturated rings. The number of aromatic nitrogens is 2. The van der Waals surface area contributed by atoms with E-state index in [-0.39, 0.29) is 11.4 Å². The fraction of sp³-hybridized carbons (Fsp3) is 0. The maximum absolute atomic E-state index is 12.9. The van der Waals surface area contributed by atoms with E-state index in [9.17, 15) is 18.0 Å². The normalized spacial score (nSPS) is 10.3. The number of aromatic amines is 1. The van der Waals surface area contributed by atoms with Gasteiger partial charge in [0.25, 0.3) is 5.91 Å². The van der Waals surface area contributed by atoms with E-state index >= 15 is 0 Å². The molecule has 2 rings (SSSR count). The maximum Gasteiger partial charge on any atom is 0.257 e. The summed E-state index contributed by atoms with van der Waals surface area (Å²) in [7, 11) is 0. The molecule has 0 saturated carbocycles. The van der Waals surface area contributed by atoms with Crippen LogP contribution in [0.4, 0.5) is 19.0 Å².